The van der Waals surface area contributed by atoms with Crippen LogP contribution < -0.4 is 5.73 Å². The summed E-state index contributed by atoms with van der Waals surface area (Å²) in [6, 6.07) is 20.1. The maximum Gasteiger partial charge on any atom is 0.0910 e. The Morgan fingerprint density at radius 1 is 0.950 bits per heavy atom. The largest absolute Gasteiger partial charge is 0.389 e. The monoisotopic (exact) mass is 266 g/mol. The first kappa shape index (κ1) is 12.9. The molecule has 0 fully saturated rings. The van der Waals surface area contributed by atoms with E-state index in [1.54, 1.807) is 0 Å². The average molecular weight is 266 g/mol. The van der Waals surface area contributed by atoms with E-state index in [0.717, 1.165) is 16.5 Å². The predicted molar refractivity (Wildman–Crippen MR) is 81.6 cm³/mol. The van der Waals surface area contributed by atoms with Crippen molar-refractivity contribution in [3.8, 4) is 0 Å². The third kappa shape index (κ3) is 2.22. The summed E-state index contributed by atoms with van der Waals surface area (Å²) in [7, 11) is 0. The molecule has 1 heterocycles. The van der Waals surface area contributed by atoms with Gasteiger partial charge in [-0.05, 0) is 23.1 Å². The van der Waals surface area contributed by atoms with Crippen LogP contribution >= 0.6 is 0 Å². The Hall–Kier alpha value is -2.10. The van der Waals surface area contributed by atoms with Gasteiger partial charge in [-0.25, -0.2) is 0 Å². The summed E-state index contributed by atoms with van der Waals surface area (Å²) in [5.41, 5.74) is 7.86. The van der Waals surface area contributed by atoms with Gasteiger partial charge in [0.1, 0.15) is 0 Å². The molecule has 0 unspecified atom stereocenters. The lowest BCUT2D eigenvalue weighted by Gasteiger charge is -2.25. The maximum atomic E-state index is 10.4. The van der Waals surface area contributed by atoms with E-state index in [1.807, 2.05) is 48.7 Å². The number of para-hydroxylation sites is 1. The molecule has 2 aromatic carbocycles. The van der Waals surface area contributed by atoms with E-state index in [9.17, 15) is 5.11 Å². The molecule has 3 nitrogen and oxygen atoms in total. The van der Waals surface area contributed by atoms with Gasteiger partial charge in [0.25, 0.3) is 0 Å². The van der Waals surface area contributed by atoms with Crippen LogP contribution in [-0.4, -0.2) is 22.3 Å². The molecular formula is C17H18N2O. The summed E-state index contributed by atoms with van der Waals surface area (Å²) in [6.07, 6.45) is 1.40. The lowest BCUT2D eigenvalue weighted by molar-refractivity contribution is 0.140. The number of hydrogen-bond acceptors (Lipinski definition) is 2. The summed E-state index contributed by atoms with van der Waals surface area (Å²) >= 11 is 0. The summed E-state index contributed by atoms with van der Waals surface area (Å²) in [4.78, 5) is 0. The van der Waals surface area contributed by atoms with Gasteiger partial charge >= 0.3 is 0 Å². The lowest BCUT2D eigenvalue weighted by atomic mass is 10.0. The number of nitrogens with two attached hydrogens (primary N) is 1. The highest BCUT2D eigenvalue weighted by Gasteiger charge is 2.22. The fourth-order valence-corrected chi connectivity index (χ4v) is 2.69. The molecule has 3 rings (SSSR count). The van der Waals surface area contributed by atoms with E-state index in [1.165, 1.54) is 0 Å². The average Bonchev–Trinajstić information content (AvgIpc) is 2.92. The van der Waals surface area contributed by atoms with Crippen molar-refractivity contribution in [2.45, 2.75) is 12.1 Å². The van der Waals surface area contributed by atoms with Crippen molar-refractivity contribution in [1.82, 2.24) is 4.57 Å². The Kier molecular flexibility index (Phi) is 3.54. The van der Waals surface area contributed by atoms with Crippen LogP contribution in [-0.2, 0) is 0 Å². The Bertz CT molecular complexity index is 690. The number of benzene rings is 2. The maximum absolute atomic E-state index is 10.4. The number of aromatic nitrogens is 1. The summed E-state index contributed by atoms with van der Waals surface area (Å²) in [5.74, 6) is 0. The highest BCUT2D eigenvalue weighted by atomic mass is 16.3. The van der Waals surface area contributed by atoms with Gasteiger partial charge in [-0.3, -0.25) is 0 Å². The summed E-state index contributed by atoms with van der Waals surface area (Å²) in [6.45, 7) is 0.228. The summed E-state index contributed by atoms with van der Waals surface area (Å²) < 4.78 is 2.10. The molecule has 0 radical (unpaired) electrons. The van der Waals surface area contributed by atoms with Crippen molar-refractivity contribution in [2.75, 3.05) is 6.54 Å². The van der Waals surface area contributed by atoms with Gasteiger partial charge in [0, 0.05) is 18.3 Å². The Morgan fingerprint density at radius 2 is 1.65 bits per heavy atom. The number of nitrogens with zero attached hydrogens (tertiary/aromatic N) is 1. The molecule has 102 valence electrons. The highest BCUT2D eigenvalue weighted by molar-refractivity contribution is 5.80. The van der Waals surface area contributed by atoms with Crippen LogP contribution in [0.5, 0.6) is 0 Å². The molecule has 0 saturated carbocycles. The molecule has 0 spiro atoms. The van der Waals surface area contributed by atoms with Gasteiger partial charge in [0.15, 0.2) is 0 Å². The van der Waals surface area contributed by atoms with Crippen molar-refractivity contribution < 1.29 is 5.11 Å². The van der Waals surface area contributed by atoms with Crippen LogP contribution in [0.15, 0.2) is 66.9 Å². The quantitative estimate of drug-likeness (QED) is 0.762. The Morgan fingerprint density at radius 3 is 2.40 bits per heavy atom. The molecule has 0 aliphatic rings. The molecule has 0 saturated heterocycles. The number of rotatable bonds is 4. The molecule has 0 bridgehead atoms. The molecule has 1 aromatic heterocycles. The smallest absolute Gasteiger partial charge is 0.0910 e. The number of aliphatic hydroxyl groups excluding tert-OH is 1. The van der Waals surface area contributed by atoms with Gasteiger partial charge < -0.3 is 15.4 Å². The first-order chi connectivity index (χ1) is 9.81. The molecule has 0 aliphatic carbocycles. The van der Waals surface area contributed by atoms with Crippen molar-refractivity contribution >= 4 is 10.9 Å². The summed E-state index contributed by atoms with van der Waals surface area (Å²) in [5, 5.41) is 11.5. The van der Waals surface area contributed by atoms with Crippen molar-refractivity contribution in [3.05, 3.63) is 72.4 Å². The van der Waals surface area contributed by atoms with Gasteiger partial charge in [-0.1, -0.05) is 48.5 Å². The van der Waals surface area contributed by atoms with Gasteiger partial charge in [0.2, 0.25) is 0 Å². The van der Waals surface area contributed by atoms with E-state index < -0.39 is 6.10 Å². The zero-order valence-corrected chi connectivity index (χ0v) is 11.2. The van der Waals surface area contributed by atoms with Gasteiger partial charge in [-0.15, -0.1) is 0 Å². The van der Waals surface area contributed by atoms with E-state index >= 15 is 0 Å². The van der Waals surface area contributed by atoms with Crippen LogP contribution in [0.4, 0.5) is 0 Å². The zero-order chi connectivity index (χ0) is 13.9. The fraction of sp³-hybridized carbons (Fsp3) is 0.176. The zero-order valence-electron chi connectivity index (χ0n) is 11.2. The normalized spacial score (nSPS) is 14.3. The number of hydrogen-bond donors (Lipinski definition) is 2. The first-order valence-corrected chi connectivity index (χ1v) is 6.80. The van der Waals surface area contributed by atoms with E-state index in [2.05, 4.69) is 22.8 Å². The highest BCUT2D eigenvalue weighted by Crippen LogP contribution is 2.27. The van der Waals surface area contributed by atoms with Crippen molar-refractivity contribution in [1.29, 1.82) is 0 Å². The second-order valence-corrected chi connectivity index (χ2v) is 4.94. The van der Waals surface area contributed by atoms with E-state index in [4.69, 9.17) is 5.73 Å². The molecule has 3 N–H and O–H groups in total. The second kappa shape index (κ2) is 5.49. The topological polar surface area (TPSA) is 51.2 Å². The fourth-order valence-electron chi connectivity index (χ4n) is 2.69. The van der Waals surface area contributed by atoms with Crippen LogP contribution in [0.2, 0.25) is 0 Å². The van der Waals surface area contributed by atoms with Gasteiger partial charge in [-0.2, -0.15) is 0 Å². The molecule has 2 atom stereocenters. The minimum absolute atomic E-state index is 0.166. The minimum atomic E-state index is -0.617. The van der Waals surface area contributed by atoms with Gasteiger partial charge in [0.05, 0.1) is 12.1 Å². The second-order valence-electron chi connectivity index (χ2n) is 4.94. The SMILES string of the molecule is NC[C@@H](O)[C@H](c1ccccc1)n1ccc2ccccc21. The van der Waals surface area contributed by atoms with Crippen LogP contribution in [0, 0.1) is 0 Å². The van der Waals surface area contributed by atoms with Crippen LogP contribution in [0.3, 0.4) is 0 Å². The van der Waals surface area contributed by atoms with Crippen molar-refractivity contribution in [2.24, 2.45) is 5.73 Å². The Balaban J connectivity index is 2.15. The standard InChI is InChI=1S/C17H18N2O/c18-12-16(20)17(14-7-2-1-3-8-14)19-11-10-13-6-4-5-9-15(13)19/h1-11,16-17,20H,12,18H2/t16-,17+/m1/s1. The van der Waals surface area contributed by atoms with Crippen LogP contribution in [0.25, 0.3) is 10.9 Å². The molecular weight excluding hydrogens is 248 g/mol. The van der Waals surface area contributed by atoms with Crippen LogP contribution in [0.1, 0.15) is 11.6 Å². The predicted octanol–water partition coefficient (Wildman–Crippen LogP) is 2.55. The molecule has 0 aliphatic heterocycles. The molecule has 20 heavy (non-hydrogen) atoms. The number of aliphatic hydroxyl groups is 1. The molecule has 3 heteroatoms. The Labute approximate surface area is 118 Å². The lowest BCUT2D eigenvalue weighted by Crippen LogP contribution is -2.31. The third-order valence-corrected chi connectivity index (χ3v) is 3.68. The van der Waals surface area contributed by atoms with Crippen molar-refractivity contribution in [3.63, 3.8) is 0 Å². The van der Waals surface area contributed by atoms with E-state index in [0.29, 0.717) is 0 Å². The molecule has 3 aromatic rings. The number of fused-ring (bicyclic) bond motifs is 1. The minimum Gasteiger partial charge on any atom is -0.389 e. The third-order valence-electron chi connectivity index (χ3n) is 3.68. The van der Waals surface area contributed by atoms with E-state index in [-0.39, 0.29) is 12.6 Å². The first-order valence-electron chi connectivity index (χ1n) is 6.80. The molecule has 0 amide bonds.